The average molecular weight is 447 g/mol. The maximum Gasteiger partial charge on any atom is 0.287 e. The molecule has 3 rings (SSSR count). The van der Waals surface area contributed by atoms with E-state index < -0.39 is 15.9 Å². The van der Waals surface area contributed by atoms with Crippen molar-refractivity contribution in [2.75, 3.05) is 31.5 Å². The molecule has 1 aliphatic heterocycles. The highest BCUT2D eigenvalue weighted by Crippen LogP contribution is 2.23. The molecule has 0 aliphatic carbocycles. The molecule has 3 heterocycles. The molecule has 2 aromatic rings. The highest BCUT2D eigenvalue weighted by molar-refractivity contribution is 7.89. The zero-order valence-electron chi connectivity index (χ0n) is 15.0. The van der Waals surface area contributed by atoms with E-state index in [2.05, 4.69) is 15.6 Å². The molecule has 152 valence electrons. The molecule has 0 bridgehead atoms. The van der Waals surface area contributed by atoms with Gasteiger partial charge in [0.15, 0.2) is 5.76 Å². The van der Waals surface area contributed by atoms with Crippen molar-refractivity contribution in [3.05, 3.63) is 40.2 Å². The number of nitrogens with zero attached hydrogens (tertiary/aromatic N) is 2. The normalized spacial score (nSPS) is 15.4. The van der Waals surface area contributed by atoms with E-state index in [9.17, 15) is 13.2 Å². The van der Waals surface area contributed by atoms with Crippen molar-refractivity contribution in [3.8, 4) is 0 Å². The van der Waals surface area contributed by atoms with Gasteiger partial charge in [-0.1, -0.05) is 29.6 Å². The van der Waals surface area contributed by atoms with Gasteiger partial charge in [-0.05, 0) is 31.0 Å². The van der Waals surface area contributed by atoms with Crippen LogP contribution < -0.4 is 10.6 Å². The Morgan fingerprint density at radius 3 is 2.64 bits per heavy atom. The Morgan fingerprint density at radius 2 is 1.93 bits per heavy atom. The molecule has 1 aliphatic rings. The van der Waals surface area contributed by atoms with Gasteiger partial charge in [0, 0.05) is 32.4 Å². The molecule has 8 nitrogen and oxygen atoms in total. The fraction of sp³-hybridized carbons (Fsp3) is 0.412. The number of rotatable bonds is 7. The third-order valence-corrected chi connectivity index (χ3v) is 6.49. The smallest absolute Gasteiger partial charge is 0.287 e. The summed E-state index contributed by atoms with van der Waals surface area (Å²) in [6.07, 6.45) is 4.13. The van der Waals surface area contributed by atoms with Crippen molar-refractivity contribution in [1.82, 2.24) is 14.6 Å². The van der Waals surface area contributed by atoms with E-state index in [1.165, 1.54) is 22.6 Å². The molecule has 2 N–H and O–H groups in total. The van der Waals surface area contributed by atoms with Gasteiger partial charge in [-0.3, -0.25) is 4.79 Å². The van der Waals surface area contributed by atoms with Crippen molar-refractivity contribution in [2.24, 2.45) is 0 Å². The summed E-state index contributed by atoms with van der Waals surface area (Å²) in [5.41, 5.74) is 0. The van der Waals surface area contributed by atoms with E-state index in [4.69, 9.17) is 27.6 Å². The highest BCUT2D eigenvalue weighted by atomic mass is 35.5. The molecule has 1 fully saturated rings. The summed E-state index contributed by atoms with van der Waals surface area (Å²) in [6, 6.07) is 4.23. The Balaban J connectivity index is 1.52. The summed E-state index contributed by atoms with van der Waals surface area (Å²) in [5.74, 6) is -0.108. The first-order chi connectivity index (χ1) is 13.4. The zero-order chi connectivity index (χ0) is 20.1. The number of pyridine rings is 1. The van der Waals surface area contributed by atoms with Gasteiger partial charge in [-0.15, -0.1) is 0 Å². The van der Waals surface area contributed by atoms with Crippen molar-refractivity contribution in [1.29, 1.82) is 0 Å². The van der Waals surface area contributed by atoms with E-state index in [0.29, 0.717) is 35.5 Å². The van der Waals surface area contributed by atoms with Crippen LogP contribution in [0, 0.1) is 0 Å². The molecule has 1 saturated heterocycles. The van der Waals surface area contributed by atoms with Crippen LogP contribution in [-0.4, -0.2) is 49.8 Å². The molecule has 28 heavy (non-hydrogen) atoms. The highest BCUT2D eigenvalue weighted by Gasteiger charge is 2.29. The average Bonchev–Trinajstić information content (AvgIpc) is 3.18. The summed E-state index contributed by atoms with van der Waals surface area (Å²) in [6.45, 7) is 1.56. The number of aromatic nitrogens is 1. The second-order valence-electron chi connectivity index (χ2n) is 6.25. The van der Waals surface area contributed by atoms with Crippen LogP contribution in [0.2, 0.25) is 10.0 Å². The van der Waals surface area contributed by atoms with E-state index in [-0.39, 0.29) is 17.4 Å². The van der Waals surface area contributed by atoms with E-state index >= 15 is 0 Å². The van der Waals surface area contributed by atoms with Gasteiger partial charge in [0.05, 0.1) is 10.0 Å². The van der Waals surface area contributed by atoms with Gasteiger partial charge in [0.25, 0.3) is 15.9 Å². The standard InChI is InChI=1S/C17H20Cl2N4O4S/c18-12-10-13(19)16(22-11-12)20-6-7-21-17(24)14-4-5-15(27-14)28(25,26)23-8-2-1-3-9-23/h4-5,10-11H,1-3,6-9H2,(H,20,22)(H,21,24). The molecular weight excluding hydrogens is 427 g/mol. The van der Waals surface area contributed by atoms with Gasteiger partial charge < -0.3 is 15.1 Å². The number of hydrogen-bond donors (Lipinski definition) is 2. The minimum absolute atomic E-state index is 0.0572. The van der Waals surface area contributed by atoms with Crippen LogP contribution in [0.1, 0.15) is 29.8 Å². The first kappa shape index (κ1) is 20.9. The molecule has 11 heteroatoms. The summed E-state index contributed by atoms with van der Waals surface area (Å²) in [7, 11) is -3.70. The van der Waals surface area contributed by atoms with Crippen molar-refractivity contribution >= 4 is 45.0 Å². The minimum Gasteiger partial charge on any atom is -0.438 e. The third-order valence-electron chi connectivity index (χ3n) is 4.23. The van der Waals surface area contributed by atoms with Crippen LogP contribution in [0.4, 0.5) is 5.82 Å². The van der Waals surface area contributed by atoms with Crippen LogP contribution >= 0.6 is 23.2 Å². The molecule has 2 aromatic heterocycles. The SMILES string of the molecule is O=C(NCCNc1ncc(Cl)cc1Cl)c1ccc(S(=O)(=O)N2CCCCC2)o1. The van der Waals surface area contributed by atoms with E-state index in [1.807, 2.05) is 0 Å². The zero-order valence-corrected chi connectivity index (χ0v) is 17.3. The quantitative estimate of drug-likeness (QED) is 0.633. The lowest BCUT2D eigenvalue weighted by atomic mass is 10.2. The first-order valence-corrected chi connectivity index (χ1v) is 11.0. The van der Waals surface area contributed by atoms with Gasteiger partial charge in [0.2, 0.25) is 5.09 Å². The molecule has 0 aromatic carbocycles. The van der Waals surface area contributed by atoms with Crippen LogP contribution in [0.15, 0.2) is 33.9 Å². The first-order valence-electron chi connectivity index (χ1n) is 8.81. The number of amides is 1. The minimum atomic E-state index is -3.70. The Kier molecular flexibility index (Phi) is 6.82. The predicted molar refractivity (Wildman–Crippen MR) is 106 cm³/mol. The topological polar surface area (TPSA) is 105 Å². The molecule has 0 saturated carbocycles. The van der Waals surface area contributed by atoms with E-state index in [0.717, 1.165) is 19.3 Å². The second-order valence-corrected chi connectivity index (χ2v) is 8.96. The molecular formula is C17H20Cl2N4O4S. The Bertz CT molecular complexity index is 942. The summed E-state index contributed by atoms with van der Waals surface area (Å²) in [4.78, 5) is 16.2. The van der Waals surface area contributed by atoms with Crippen LogP contribution in [0.5, 0.6) is 0 Å². The number of carbonyl (C=O) groups excluding carboxylic acids is 1. The Morgan fingerprint density at radius 1 is 1.18 bits per heavy atom. The lowest BCUT2D eigenvalue weighted by Gasteiger charge is -2.24. The maximum atomic E-state index is 12.6. The third kappa shape index (κ3) is 4.96. The Labute approximate surface area is 173 Å². The van der Waals surface area contributed by atoms with Gasteiger partial charge in [-0.2, -0.15) is 4.31 Å². The maximum absolute atomic E-state index is 12.6. The van der Waals surface area contributed by atoms with Gasteiger partial charge in [0.1, 0.15) is 5.82 Å². The molecule has 1 amide bonds. The van der Waals surface area contributed by atoms with Crippen molar-refractivity contribution in [3.63, 3.8) is 0 Å². The number of anilines is 1. The number of hydrogen-bond acceptors (Lipinski definition) is 6. The number of nitrogens with one attached hydrogen (secondary N) is 2. The lowest BCUT2D eigenvalue weighted by Crippen LogP contribution is -2.35. The second kappa shape index (κ2) is 9.13. The number of sulfonamides is 1. The number of piperidine rings is 1. The van der Waals surface area contributed by atoms with Gasteiger partial charge in [-0.25, -0.2) is 13.4 Å². The number of carbonyl (C=O) groups is 1. The van der Waals surface area contributed by atoms with E-state index in [1.54, 1.807) is 6.07 Å². The number of furan rings is 1. The lowest BCUT2D eigenvalue weighted by molar-refractivity contribution is 0.0922. The fourth-order valence-corrected chi connectivity index (χ4v) is 4.68. The molecule has 0 unspecified atom stereocenters. The van der Waals surface area contributed by atoms with Crippen molar-refractivity contribution < 1.29 is 17.6 Å². The molecule has 0 radical (unpaired) electrons. The fourth-order valence-electron chi connectivity index (χ4n) is 2.80. The van der Waals surface area contributed by atoms with Gasteiger partial charge >= 0.3 is 0 Å². The molecule has 0 spiro atoms. The summed E-state index contributed by atoms with van der Waals surface area (Å²) in [5, 5.41) is 6.20. The number of halogens is 2. The van der Waals surface area contributed by atoms with Crippen LogP contribution in [-0.2, 0) is 10.0 Å². The summed E-state index contributed by atoms with van der Waals surface area (Å²) < 4.78 is 31.8. The monoisotopic (exact) mass is 446 g/mol. The predicted octanol–water partition coefficient (Wildman–Crippen LogP) is 3.00. The van der Waals surface area contributed by atoms with Crippen molar-refractivity contribution in [2.45, 2.75) is 24.4 Å². The molecule has 0 atom stereocenters. The summed E-state index contributed by atoms with van der Waals surface area (Å²) >= 11 is 11.8. The van der Waals surface area contributed by atoms with Crippen LogP contribution in [0.3, 0.4) is 0 Å². The van der Waals surface area contributed by atoms with Crippen LogP contribution in [0.25, 0.3) is 0 Å². The Hall–Kier alpha value is -1.81. The largest absolute Gasteiger partial charge is 0.438 e.